The zero-order valence-corrected chi connectivity index (χ0v) is 13.0. The molecular formula is C13H13BrClNOS. The van der Waals surface area contributed by atoms with E-state index < -0.39 is 0 Å². The van der Waals surface area contributed by atoms with E-state index in [1.165, 1.54) is 4.88 Å². The smallest absolute Gasteiger partial charge is 0.138 e. The van der Waals surface area contributed by atoms with Gasteiger partial charge in [-0.1, -0.05) is 11.6 Å². The molecule has 0 saturated heterocycles. The van der Waals surface area contributed by atoms with Gasteiger partial charge in [0.05, 0.1) is 15.4 Å². The van der Waals surface area contributed by atoms with Crippen LogP contribution in [0.1, 0.15) is 11.8 Å². The molecule has 0 amide bonds. The highest BCUT2D eigenvalue weighted by Gasteiger charge is 2.03. The maximum Gasteiger partial charge on any atom is 0.138 e. The Bertz CT molecular complexity index is 529. The van der Waals surface area contributed by atoms with E-state index >= 15 is 0 Å². The lowest BCUT2D eigenvalue weighted by atomic mass is 10.3. The molecule has 0 radical (unpaired) electrons. The molecule has 2 aromatic rings. The number of benzene rings is 1. The fourth-order valence-corrected chi connectivity index (χ4v) is 3.18. The van der Waals surface area contributed by atoms with Gasteiger partial charge in [-0.25, -0.2) is 0 Å². The molecule has 1 heterocycles. The van der Waals surface area contributed by atoms with E-state index in [0.717, 1.165) is 21.8 Å². The lowest BCUT2D eigenvalue weighted by Gasteiger charge is -2.09. The fourth-order valence-electron chi connectivity index (χ4n) is 1.52. The van der Waals surface area contributed by atoms with Gasteiger partial charge < -0.3 is 10.1 Å². The molecule has 18 heavy (non-hydrogen) atoms. The highest BCUT2D eigenvalue weighted by Crippen LogP contribution is 2.28. The van der Waals surface area contributed by atoms with E-state index in [0.29, 0.717) is 11.6 Å². The van der Waals surface area contributed by atoms with Crippen LogP contribution < -0.4 is 10.1 Å². The van der Waals surface area contributed by atoms with Crippen LogP contribution in [0.4, 0.5) is 5.69 Å². The van der Waals surface area contributed by atoms with Gasteiger partial charge in [-0.3, -0.25) is 0 Å². The Morgan fingerprint density at radius 2 is 2.17 bits per heavy atom. The second-order valence-electron chi connectivity index (χ2n) is 3.64. The van der Waals surface area contributed by atoms with E-state index in [4.69, 9.17) is 16.3 Å². The largest absolute Gasteiger partial charge is 0.492 e. The lowest BCUT2D eigenvalue weighted by molar-refractivity contribution is 0.340. The van der Waals surface area contributed by atoms with Crippen molar-refractivity contribution in [3.05, 3.63) is 44.0 Å². The summed E-state index contributed by atoms with van der Waals surface area (Å²) in [6.45, 7) is 3.35. The van der Waals surface area contributed by atoms with E-state index in [2.05, 4.69) is 27.3 Å². The summed E-state index contributed by atoms with van der Waals surface area (Å²) < 4.78 is 6.54. The number of nitrogens with one attached hydrogen (secondary N) is 1. The molecule has 0 aliphatic rings. The Labute approximate surface area is 124 Å². The Balaban J connectivity index is 1.99. The topological polar surface area (TPSA) is 21.3 Å². The van der Waals surface area contributed by atoms with Crippen molar-refractivity contribution in [2.45, 2.75) is 13.5 Å². The van der Waals surface area contributed by atoms with Crippen molar-refractivity contribution >= 4 is 44.6 Å². The first kappa shape index (κ1) is 13.7. The molecule has 2 nitrogen and oxygen atoms in total. The molecule has 0 unspecified atom stereocenters. The van der Waals surface area contributed by atoms with E-state index in [1.54, 1.807) is 11.3 Å². The Hall–Kier alpha value is -0.710. The molecule has 1 aromatic heterocycles. The number of halogens is 2. The van der Waals surface area contributed by atoms with E-state index in [9.17, 15) is 0 Å². The summed E-state index contributed by atoms with van der Waals surface area (Å²) in [6, 6.07) is 9.89. The van der Waals surface area contributed by atoms with Gasteiger partial charge in [0.2, 0.25) is 0 Å². The van der Waals surface area contributed by atoms with Crippen molar-refractivity contribution in [3.8, 4) is 5.75 Å². The van der Waals surface area contributed by atoms with Gasteiger partial charge in [-0.2, -0.15) is 0 Å². The minimum Gasteiger partial charge on any atom is -0.492 e. The van der Waals surface area contributed by atoms with Gasteiger partial charge in [0.15, 0.2) is 0 Å². The first-order chi connectivity index (χ1) is 8.69. The Morgan fingerprint density at radius 1 is 1.33 bits per heavy atom. The SMILES string of the molecule is CCOc1ccc(NCc2ccc(Br)s2)cc1Cl. The molecular weight excluding hydrogens is 334 g/mol. The van der Waals surface area contributed by atoms with Crippen LogP contribution in [0.3, 0.4) is 0 Å². The predicted octanol–water partition coefficient (Wildman–Crippen LogP) is 5.17. The number of anilines is 1. The standard InChI is InChI=1S/C13H13BrClNOS/c1-2-17-12-5-3-9(7-11(12)15)16-8-10-4-6-13(14)18-10/h3-7,16H,2,8H2,1H3. The molecule has 0 aliphatic carbocycles. The monoisotopic (exact) mass is 345 g/mol. The highest BCUT2D eigenvalue weighted by atomic mass is 79.9. The fraction of sp³-hybridized carbons (Fsp3) is 0.231. The maximum absolute atomic E-state index is 6.12. The quantitative estimate of drug-likeness (QED) is 0.806. The number of ether oxygens (including phenoxy) is 1. The zero-order chi connectivity index (χ0) is 13.0. The van der Waals surface area contributed by atoms with Crippen LogP contribution in [0, 0.1) is 0 Å². The Kier molecular flexibility index (Phi) is 4.92. The van der Waals surface area contributed by atoms with Gasteiger partial charge >= 0.3 is 0 Å². The number of hydrogen-bond acceptors (Lipinski definition) is 3. The minimum absolute atomic E-state index is 0.621. The average Bonchev–Trinajstić information content (AvgIpc) is 2.76. The molecule has 1 N–H and O–H groups in total. The van der Waals surface area contributed by atoms with E-state index in [1.807, 2.05) is 31.2 Å². The molecule has 1 aromatic carbocycles. The van der Waals surface area contributed by atoms with Crippen molar-refractivity contribution < 1.29 is 4.74 Å². The highest BCUT2D eigenvalue weighted by molar-refractivity contribution is 9.11. The molecule has 0 fully saturated rings. The molecule has 5 heteroatoms. The molecule has 0 saturated carbocycles. The minimum atomic E-state index is 0.621. The van der Waals surface area contributed by atoms with Crippen molar-refractivity contribution in [2.75, 3.05) is 11.9 Å². The van der Waals surface area contributed by atoms with Crippen LogP contribution in [0.15, 0.2) is 34.1 Å². The van der Waals surface area contributed by atoms with Crippen molar-refractivity contribution in [1.29, 1.82) is 0 Å². The van der Waals surface area contributed by atoms with Crippen LogP contribution in [-0.2, 0) is 6.54 Å². The third-order valence-electron chi connectivity index (χ3n) is 2.33. The van der Waals surface area contributed by atoms with Crippen LogP contribution in [0.2, 0.25) is 5.02 Å². The Morgan fingerprint density at radius 3 is 2.78 bits per heavy atom. The lowest BCUT2D eigenvalue weighted by Crippen LogP contribution is -1.98. The van der Waals surface area contributed by atoms with Crippen molar-refractivity contribution in [2.24, 2.45) is 0 Å². The summed E-state index contributed by atoms with van der Waals surface area (Å²) >= 11 is 11.3. The molecule has 0 spiro atoms. The van der Waals surface area contributed by atoms with Gasteiger partial charge in [0.25, 0.3) is 0 Å². The van der Waals surface area contributed by atoms with Crippen molar-refractivity contribution in [3.63, 3.8) is 0 Å². The third-order valence-corrected chi connectivity index (χ3v) is 4.25. The van der Waals surface area contributed by atoms with Gasteiger partial charge in [-0.15, -0.1) is 11.3 Å². The molecule has 0 bridgehead atoms. The summed E-state index contributed by atoms with van der Waals surface area (Å²) in [6.07, 6.45) is 0. The van der Waals surface area contributed by atoms with Crippen molar-refractivity contribution in [1.82, 2.24) is 0 Å². The van der Waals surface area contributed by atoms with Crippen LogP contribution >= 0.6 is 38.9 Å². The summed E-state index contributed by atoms with van der Waals surface area (Å²) in [5.41, 5.74) is 0.993. The molecule has 2 rings (SSSR count). The van der Waals surface area contributed by atoms with Crippen LogP contribution in [0.5, 0.6) is 5.75 Å². The molecule has 0 atom stereocenters. The third kappa shape index (κ3) is 3.64. The summed E-state index contributed by atoms with van der Waals surface area (Å²) in [5, 5.41) is 3.97. The summed E-state index contributed by atoms with van der Waals surface area (Å²) in [4.78, 5) is 1.27. The van der Waals surface area contributed by atoms with Crippen LogP contribution in [-0.4, -0.2) is 6.61 Å². The number of thiophene rings is 1. The summed E-state index contributed by atoms with van der Waals surface area (Å²) in [5.74, 6) is 0.726. The maximum atomic E-state index is 6.12. The van der Waals surface area contributed by atoms with Gasteiger partial charge in [0, 0.05) is 17.1 Å². The normalized spacial score (nSPS) is 10.4. The summed E-state index contributed by atoms with van der Waals surface area (Å²) in [7, 11) is 0. The van der Waals surface area contributed by atoms with Gasteiger partial charge in [-0.05, 0) is 53.2 Å². The molecule has 96 valence electrons. The van der Waals surface area contributed by atoms with E-state index in [-0.39, 0.29) is 0 Å². The predicted molar refractivity (Wildman–Crippen MR) is 82.0 cm³/mol. The second kappa shape index (κ2) is 6.45. The molecule has 0 aliphatic heterocycles. The first-order valence-corrected chi connectivity index (χ1v) is 7.58. The average molecular weight is 347 g/mol. The second-order valence-corrected chi connectivity index (χ2v) is 6.59. The van der Waals surface area contributed by atoms with Gasteiger partial charge in [0.1, 0.15) is 5.75 Å². The van der Waals surface area contributed by atoms with Crippen LogP contribution in [0.25, 0.3) is 0 Å². The number of hydrogen-bond donors (Lipinski definition) is 1. The first-order valence-electron chi connectivity index (χ1n) is 5.59. The zero-order valence-electron chi connectivity index (χ0n) is 9.87. The number of rotatable bonds is 5.